The molecule has 0 radical (unpaired) electrons. The monoisotopic (exact) mass is 329 g/mol. The van der Waals surface area contributed by atoms with E-state index in [9.17, 15) is 9.59 Å². The molecule has 1 unspecified atom stereocenters. The number of rotatable bonds is 6. The van der Waals surface area contributed by atoms with E-state index in [0.717, 1.165) is 4.90 Å². The van der Waals surface area contributed by atoms with E-state index < -0.39 is 5.97 Å². The maximum atomic E-state index is 12.4. The third-order valence-corrected chi connectivity index (χ3v) is 4.22. The van der Waals surface area contributed by atoms with Crippen LogP contribution in [0.3, 0.4) is 0 Å². The number of hydrogen-bond donors (Lipinski definition) is 1. The fourth-order valence-corrected chi connectivity index (χ4v) is 2.86. The fraction of sp³-hybridized carbons (Fsp3) is 0.222. The van der Waals surface area contributed by atoms with Gasteiger partial charge in [0.05, 0.1) is 23.1 Å². The molecule has 1 amide bonds. The molecule has 23 heavy (non-hydrogen) atoms. The quantitative estimate of drug-likeness (QED) is 0.643. The van der Waals surface area contributed by atoms with Crippen molar-refractivity contribution in [2.75, 3.05) is 11.9 Å². The summed E-state index contributed by atoms with van der Waals surface area (Å²) >= 11 is 1.47. The van der Waals surface area contributed by atoms with Crippen molar-refractivity contribution in [3.05, 3.63) is 60.2 Å². The van der Waals surface area contributed by atoms with Crippen LogP contribution in [0.2, 0.25) is 0 Å². The molecule has 1 N–H and O–H groups in total. The molecule has 2 rings (SSSR count). The van der Waals surface area contributed by atoms with Crippen molar-refractivity contribution in [2.45, 2.75) is 24.0 Å². The fourth-order valence-electron chi connectivity index (χ4n) is 1.97. The molecule has 0 saturated carbocycles. The first-order chi connectivity index (χ1) is 11.1. The second-order valence-corrected chi connectivity index (χ2v) is 6.24. The Balaban J connectivity index is 2.06. The van der Waals surface area contributed by atoms with Crippen LogP contribution in [0.4, 0.5) is 5.69 Å². The number of para-hydroxylation sites is 1. The predicted octanol–water partition coefficient (Wildman–Crippen LogP) is 3.98. The van der Waals surface area contributed by atoms with E-state index >= 15 is 0 Å². The summed E-state index contributed by atoms with van der Waals surface area (Å²) in [6.07, 6.45) is 0. The van der Waals surface area contributed by atoms with E-state index in [-0.39, 0.29) is 11.2 Å². The number of thioether (sulfide) groups is 1. The lowest BCUT2D eigenvalue weighted by Crippen LogP contribution is -2.23. The van der Waals surface area contributed by atoms with Gasteiger partial charge in [-0.05, 0) is 38.1 Å². The molecule has 0 aliphatic rings. The number of hydrogen-bond acceptors (Lipinski definition) is 4. The molecule has 0 saturated heterocycles. The highest BCUT2D eigenvalue weighted by Gasteiger charge is 2.18. The zero-order chi connectivity index (χ0) is 16.7. The van der Waals surface area contributed by atoms with Gasteiger partial charge in [0.25, 0.3) is 0 Å². The Kier molecular flexibility index (Phi) is 6.23. The van der Waals surface area contributed by atoms with Crippen LogP contribution in [0.1, 0.15) is 24.2 Å². The van der Waals surface area contributed by atoms with E-state index in [4.69, 9.17) is 4.74 Å². The number of carbonyl (C=O) groups excluding carboxylic acids is 2. The minimum atomic E-state index is -0.438. The second kappa shape index (κ2) is 8.39. The van der Waals surface area contributed by atoms with Gasteiger partial charge in [-0.25, -0.2) is 4.79 Å². The van der Waals surface area contributed by atoms with Crippen molar-refractivity contribution < 1.29 is 14.3 Å². The van der Waals surface area contributed by atoms with Gasteiger partial charge in [0.15, 0.2) is 0 Å². The molecular formula is C18H19NO3S. The van der Waals surface area contributed by atoms with Gasteiger partial charge in [-0.1, -0.05) is 30.3 Å². The summed E-state index contributed by atoms with van der Waals surface area (Å²) < 4.78 is 5.01. The van der Waals surface area contributed by atoms with Crippen LogP contribution >= 0.6 is 11.8 Å². The molecule has 0 aliphatic heterocycles. The second-order valence-electron chi connectivity index (χ2n) is 4.83. The minimum absolute atomic E-state index is 0.157. The number of ether oxygens (including phenoxy) is 1. The highest BCUT2D eigenvalue weighted by Crippen LogP contribution is 2.24. The number of nitrogens with one attached hydrogen (secondary N) is 1. The SMILES string of the molecule is CCOC(=O)c1ccccc1NC(=O)C(C)Sc1ccccc1. The number of amides is 1. The molecule has 0 heterocycles. The molecule has 0 fully saturated rings. The zero-order valence-electron chi connectivity index (χ0n) is 13.1. The van der Waals surface area contributed by atoms with Gasteiger partial charge in [0.1, 0.15) is 0 Å². The summed E-state index contributed by atoms with van der Waals surface area (Å²) in [5.41, 5.74) is 0.830. The van der Waals surface area contributed by atoms with Crippen LogP contribution in [0.5, 0.6) is 0 Å². The van der Waals surface area contributed by atoms with Crippen molar-refractivity contribution in [1.29, 1.82) is 0 Å². The Bertz CT molecular complexity index is 673. The average molecular weight is 329 g/mol. The first-order valence-electron chi connectivity index (χ1n) is 7.40. The largest absolute Gasteiger partial charge is 0.462 e. The molecule has 0 bridgehead atoms. The molecule has 5 heteroatoms. The summed E-state index contributed by atoms with van der Waals surface area (Å²) in [6, 6.07) is 16.6. The van der Waals surface area contributed by atoms with Crippen LogP contribution in [0.15, 0.2) is 59.5 Å². The number of carbonyl (C=O) groups is 2. The summed E-state index contributed by atoms with van der Waals surface area (Å²) in [6.45, 7) is 3.87. The summed E-state index contributed by atoms with van der Waals surface area (Å²) in [5.74, 6) is -0.595. The zero-order valence-corrected chi connectivity index (χ0v) is 13.9. The Morgan fingerprint density at radius 1 is 1.09 bits per heavy atom. The Morgan fingerprint density at radius 3 is 2.43 bits per heavy atom. The summed E-state index contributed by atoms with van der Waals surface area (Å²) in [5, 5.41) is 2.52. The molecule has 0 spiro atoms. The van der Waals surface area contributed by atoms with Crippen molar-refractivity contribution >= 4 is 29.3 Å². The van der Waals surface area contributed by atoms with E-state index in [1.807, 2.05) is 37.3 Å². The van der Waals surface area contributed by atoms with Crippen molar-refractivity contribution in [1.82, 2.24) is 0 Å². The van der Waals surface area contributed by atoms with Crippen LogP contribution in [0, 0.1) is 0 Å². The smallest absolute Gasteiger partial charge is 0.340 e. The highest BCUT2D eigenvalue weighted by atomic mass is 32.2. The first-order valence-corrected chi connectivity index (χ1v) is 8.28. The van der Waals surface area contributed by atoms with Gasteiger partial charge in [-0.3, -0.25) is 4.79 Å². The van der Waals surface area contributed by atoms with Crippen LogP contribution in [-0.4, -0.2) is 23.7 Å². The lowest BCUT2D eigenvalue weighted by atomic mass is 10.1. The van der Waals surface area contributed by atoms with Crippen molar-refractivity contribution in [3.8, 4) is 0 Å². The summed E-state index contributed by atoms with van der Waals surface area (Å²) in [4.78, 5) is 25.3. The Morgan fingerprint density at radius 2 is 1.74 bits per heavy atom. The topological polar surface area (TPSA) is 55.4 Å². The molecule has 0 aromatic heterocycles. The van der Waals surface area contributed by atoms with Gasteiger partial charge in [-0.15, -0.1) is 11.8 Å². The lowest BCUT2D eigenvalue weighted by molar-refractivity contribution is -0.115. The van der Waals surface area contributed by atoms with Crippen LogP contribution in [-0.2, 0) is 9.53 Å². The van der Waals surface area contributed by atoms with Crippen LogP contribution < -0.4 is 5.32 Å². The normalized spacial score (nSPS) is 11.6. The summed E-state index contributed by atoms with van der Waals surface area (Å²) in [7, 11) is 0. The predicted molar refractivity (Wildman–Crippen MR) is 92.8 cm³/mol. The molecule has 4 nitrogen and oxygen atoms in total. The number of benzene rings is 2. The first kappa shape index (κ1) is 17.1. The highest BCUT2D eigenvalue weighted by molar-refractivity contribution is 8.00. The van der Waals surface area contributed by atoms with Crippen LogP contribution in [0.25, 0.3) is 0 Å². The average Bonchev–Trinajstić information content (AvgIpc) is 2.56. The molecule has 2 aromatic carbocycles. The van der Waals surface area contributed by atoms with Crippen molar-refractivity contribution in [2.24, 2.45) is 0 Å². The van der Waals surface area contributed by atoms with Gasteiger partial charge < -0.3 is 10.1 Å². The Hall–Kier alpha value is -2.27. The molecule has 1 atom stereocenters. The number of anilines is 1. The number of esters is 1. The van der Waals surface area contributed by atoms with Gasteiger partial charge in [0.2, 0.25) is 5.91 Å². The van der Waals surface area contributed by atoms with Gasteiger partial charge >= 0.3 is 5.97 Å². The standard InChI is InChI=1S/C18H19NO3S/c1-3-22-18(21)15-11-7-8-12-16(15)19-17(20)13(2)23-14-9-5-4-6-10-14/h4-13H,3H2,1-2H3,(H,19,20). The van der Waals surface area contributed by atoms with Crippen molar-refractivity contribution in [3.63, 3.8) is 0 Å². The molecule has 120 valence electrons. The van der Waals surface area contributed by atoms with E-state index in [2.05, 4.69) is 5.32 Å². The third-order valence-electron chi connectivity index (χ3n) is 3.11. The van der Waals surface area contributed by atoms with Gasteiger partial charge in [-0.2, -0.15) is 0 Å². The van der Waals surface area contributed by atoms with E-state index in [0.29, 0.717) is 17.9 Å². The molecular weight excluding hydrogens is 310 g/mol. The maximum Gasteiger partial charge on any atom is 0.340 e. The third kappa shape index (κ3) is 4.86. The minimum Gasteiger partial charge on any atom is -0.462 e. The van der Waals surface area contributed by atoms with E-state index in [1.165, 1.54) is 11.8 Å². The molecule has 2 aromatic rings. The lowest BCUT2D eigenvalue weighted by Gasteiger charge is -2.14. The Labute approximate surface area is 140 Å². The van der Waals surface area contributed by atoms with Gasteiger partial charge in [0, 0.05) is 4.90 Å². The van der Waals surface area contributed by atoms with E-state index in [1.54, 1.807) is 31.2 Å². The molecule has 0 aliphatic carbocycles. The maximum absolute atomic E-state index is 12.4.